The van der Waals surface area contributed by atoms with Gasteiger partial charge in [-0.15, -0.1) is 0 Å². The van der Waals surface area contributed by atoms with Crippen LogP contribution in [-0.4, -0.2) is 32.2 Å². The van der Waals surface area contributed by atoms with E-state index < -0.39 is 18.6 Å². The molecule has 0 unspecified atom stereocenters. The van der Waals surface area contributed by atoms with Crippen molar-refractivity contribution in [2.75, 3.05) is 0 Å². The van der Waals surface area contributed by atoms with Gasteiger partial charge in [0.05, 0.1) is 28.3 Å². The number of pyridine rings is 2. The lowest BCUT2D eigenvalue weighted by molar-refractivity contribution is 0.595. The number of fused-ring (bicyclic) bond motifs is 3. The first kappa shape index (κ1) is 27.6. The van der Waals surface area contributed by atoms with Gasteiger partial charge in [-0.1, -0.05) is 36.4 Å². The second-order valence-electron chi connectivity index (χ2n) is 10.7. The minimum absolute atomic E-state index is 0.0860. The van der Waals surface area contributed by atoms with E-state index in [1.54, 1.807) is 36.7 Å². The van der Waals surface area contributed by atoms with E-state index in [4.69, 9.17) is 4.98 Å². The first-order valence-corrected chi connectivity index (χ1v) is 17.6. The molecule has 0 aliphatic rings. The van der Waals surface area contributed by atoms with E-state index >= 15 is 0 Å². The number of nitrogens with zero attached hydrogens (tertiary/aromatic N) is 2. The molecule has 0 saturated carbocycles. The molecule has 0 bridgehead atoms. The van der Waals surface area contributed by atoms with Crippen molar-refractivity contribution >= 4 is 40.6 Å². The van der Waals surface area contributed by atoms with E-state index in [1.165, 1.54) is 0 Å². The Morgan fingerprint density at radius 1 is 0.905 bits per heavy atom. The Labute approximate surface area is 248 Å². The molecule has 0 fully saturated rings. The first-order valence-electron chi connectivity index (χ1n) is 13.9. The summed E-state index contributed by atoms with van der Waals surface area (Å²) in [5.74, 6) is 3.27. The Morgan fingerprint density at radius 2 is 1.64 bits per heavy atom. The third-order valence-electron chi connectivity index (χ3n) is 7.58. The maximum atomic E-state index is 13.2. The molecule has 0 aliphatic heterocycles. The summed E-state index contributed by atoms with van der Waals surface area (Å²) >= 11 is 0. The highest BCUT2D eigenvalue weighted by Crippen LogP contribution is 2.40. The fraction of sp³-hybridized carbons (Fsp3) is 0.143. The minimum atomic E-state index is -3.49. The van der Waals surface area contributed by atoms with Crippen LogP contribution in [0.4, 0.5) is 0 Å². The van der Waals surface area contributed by atoms with Gasteiger partial charge < -0.3 is 4.98 Å². The summed E-state index contributed by atoms with van der Waals surface area (Å²) in [5, 5.41) is 1.88. The molecule has 6 rings (SSSR count). The summed E-state index contributed by atoms with van der Waals surface area (Å²) in [6, 6.07) is 26.7. The second-order valence-corrected chi connectivity index (χ2v) is 15.5. The van der Waals surface area contributed by atoms with Crippen LogP contribution in [0, 0.1) is 11.5 Å². The van der Waals surface area contributed by atoms with Crippen molar-refractivity contribution in [1.82, 2.24) is 15.0 Å². The zero-order valence-electron chi connectivity index (χ0n) is 23.7. The van der Waals surface area contributed by atoms with E-state index in [2.05, 4.69) is 66.1 Å². The van der Waals surface area contributed by atoms with Crippen molar-refractivity contribution in [3.05, 3.63) is 115 Å². The Bertz CT molecular complexity index is 2060. The van der Waals surface area contributed by atoms with Gasteiger partial charge in [0.2, 0.25) is 0 Å². The third kappa shape index (κ3) is 5.51. The number of sulfone groups is 1. The molecule has 0 saturated heterocycles. The lowest BCUT2D eigenvalue weighted by Crippen LogP contribution is -2.08. The van der Waals surface area contributed by atoms with Crippen molar-refractivity contribution in [1.29, 1.82) is 0 Å². The van der Waals surface area contributed by atoms with Crippen LogP contribution >= 0.6 is 0 Å². The van der Waals surface area contributed by atoms with Crippen LogP contribution in [0.3, 0.4) is 0 Å². The van der Waals surface area contributed by atoms with Crippen molar-refractivity contribution in [2.24, 2.45) is 0 Å². The van der Waals surface area contributed by atoms with Crippen molar-refractivity contribution in [3.63, 3.8) is 0 Å². The zero-order valence-corrected chi connectivity index (χ0v) is 25.5. The zero-order chi connectivity index (χ0) is 29.3. The van der Waals surface area contributed by atoms with Crippen LogP contribution < -0.4 is 0 Å². The first-order chi connectivity index (χ1) is 20.3. The smallest absolute Gasteiger partial charge is 0.339 e. The largest absolute Gasteiger partial charge is 0.405 e. The minimum Gasteiger partial charge on any atom is -0.339 e. The molecule has 42 heavy (non-hydrogen) atoms. The molecule has 3 aromatic carbocycles. The number of benzene rings is 3. The number of H-pyrrole nitrogens is 1. The molecule has 7 heteroatoms. The Hall–Kier alpha value is -4.51. The van der Waals surface area contributed by atoms with Crippen LogP contribution in [0.25, 0.3) is 44.2 Å². The molecule has 0 aliphatic carbocycles. The van der Waals surface area contributed by atoms with Gasteiger partial charge >= 0.3 is 8.80 Å². The molecular weight excluding hydrogens is 555 g/mol. The van der Waals surface area contributed by atoms with Crippen LogP contribution in [0.2, 0.25) is 12.1 Å². The number of rotatable bonds is 6. The van der Waals surface area contributed by atoms with Crippen LogP contribution in [0.1, 0.15) is 25.0 Å². The number of hydrogen-bond acceptors (Lipinski definition) is 4. The molecule has 3 aromatic heterocycles. The molecule has 1 N–H and O–H groups in total. The summed E-state index contributed by atoms with van der Waals surface area (Å²) in [6.45, 7) is 6.71. The van der Waals surface area contributed by atoms with Crippen molar-refractivity contribution in [2.45, 2.75) is 36.6 Å². The standard InChI is InChI=1S/C35H30N3O2SSi/c1-24(2)42(3)20-17-25-9-12-27(13-10-25)31-22-37-35-34(33(31)28-15-18-36-19-16-28)30-21-26(11-14-32(30)38-35)23-41(39,40)29-7-5-4-6-8-29/h4-16,18-19,21-22,24H,23H2,1-3H3,(H,37,38)/q+1. The molecule has 6 aromatic rings. The average molecular weight is 585 g/mol. The summed E-state index contributed by atoms with van der Waals surface area (Å²) < 4.78 is 26.4. The number of hydrogen-bond donors (Lipinski definition) is 1. The monoisotopic (exact) mass is 584 g/mol. The Morgan fingerprint density at radius 3 is 2.36 bits per heavy atom. The van der Waals surface area contributed by atoms with E-state index in [1.807, 2.05) is 42.6 Å². The van der Waals surface area contributed by atoms with Gasteiger partial charge in [-0.3, -0.25) is 4.98 Å². The summed E-state index contributed by atoms with van der Waals surface area (Å²) in [5.41, 5.74) is 11.5. The highest BCUT2D eigenvalue weighted by atomic mass is 32.2. The molecule has 0 amide bonds. The van der Waals surface area contributed by atoms with Gasteiger partial charge in [0, 0.05) is 51.6 Å². The molecule has 0 atom stereocenters. The van der Waals surface area contributed by atoms with Crippen molar-refractivity contribution in [3.8, 4) is 33.7 Å². The Kier molecular flexibility index (Phi) is 7.50. The quantitative estimate of drug-likeness (QED) is 0.160. The fourth-order valence-corrected chi connectivity index (χ4v) is 7.00. The van der Waals surface area contributed by atoms with Crippen molar-refractivity contribution < 1.29 is 8.42 Å². The predicted molar refractivity (Wildman–Crippen MR) is 173 cm³/mol. The summed E-state index contributed by atoms with van der Waals surface area (Å²) in [7, 11) is -4.19. The van der Waals surface area contributed by atoms with E-state index in [0.717, 1.165) is 55.3 Å². The number of aromatic amines is 1. The van der Waals surface area contributed by atoms with E-state index in [-0.39, 0.29) is 5.75 Å². The highest BCUT2D eigenvalue weighted by molar-refractivity contribution is 7.90. The van der Waals surface area contributed by atoms with Gasteiger partial charge in [0.25, 0.3) is 0 Å². The predicted octanol–water partition coefficient (Wildman–Crippen LogP) is 7.84. The third-order valence-corrected chi connectivity index (χ3v) is 11.5. The highest BCUT2D eigenvalue weighted by Gasteiger charge is 2.22. The van der Waals surface area contributed by atoms with Gasteiger partial charge in [0.15, 0.2) is 9.84 Å². The molecule has 0 spiro atoms. The van der Waals surface area contributed by atoms with Crippen LogP contribution in [-0.2, 0) is 15.6 Å². The Balaban J connectivity index is 1.49. The molecule has 206 valence electrons. The lowest BCUT2D eigenvalue weighted by Gasteiger charge is -2.12. The molecule has 5 nitrogen and oxygen atoms in total. The normalized spacial score (nSPS) is 11.5. The summed E-state index contributed by atoms with van der Waals surface area (Å²) in [4.78, 5) is 12.8. The van der Waals surface area contributed by atoms with Crippen LogP contribution in [0.15, 0.2) is 108 Å². The van der Waals surface area contributed by atoms with Crippen LogP contribution in [0.5, 0.6) is 0 Å². The van der Waals surface area contributed by atoms with Gasteiger partial charge in [0.1, 0.15) is 5.65 Å². The van der Waals surface area contributed by atoms with Gasteiger partial charge in [-0.05, 0) is 85.0 Å². The average Bonchev–Trinajstić information content (AvgIpc) is 3.38. The fourth-order valence-electron chi connectivity index (χ4n) is 5.01. The SMILES string of the molecule is CC(C)[Si+](C)C#Cc1ccc(-c2cnc3[nH]c4ccc(CS(=O)(=O)c5ccccc5)cc4c3c2-c2ccncc2)cc1. The molecule has 0 radical (unpaired) electrons. The molecular formula is C35H30N3O2SSi+. The van der Waals surface area contributed by atoms with E-state index in [0.29, 0.717) is 10.4 Å². The summed E-state index contributed by atoms with van der Waals surface area (Å²) in [6.07, 6.45) is 5.48. The number of nitrogens with one attached hydrogen (secondary N) is 1. The van der Waals surface area contributed by atoms with E-state index in [9.17, 15) is 8.42 Å². The maximum Gasteiger partial charge on any atom is 0.405 e. The topological polar surface area (TPSA) is 75.7 Å². The maximum absolute atomic E-state index is 13.2. The lowest BCUT2D eigenvalue weighted by atomic mass is 9.92. The second kappa shape index (κ2) is 11.4. The molecule has 3 heterocycles. The number of aromatic nitrogens is 3. The van der Waals surface area contributed by atoms with Gasteiger partial charge in [-0.2, -0.15) is 0 Å². The van der Waals surface area contributed by atoms with Gasteiger partial charge in [-0.25, -0.2) is 13.4 Å².